The number of aliphatic hydroxyl groups is 1. The molecule has 0 aromatic heterocycles. The van der Waals surface area contributed by atoms with Crippen molar-refractivity contribution in [3.8, 4) is 12.3 Å². The first kappa shape index (κ1) is 10.8. The molecule has 0 spiro atoms. The molecule has 14 heavy (non-hydrogen) atoms. The largest absolute Gasteiger partial charge is 0.378 e. The summed E-state index contributed by atoms with van der Waals surface area (Å²) in [5.74, 6) is 2.23. The molecule has 1 N–H and O–H groups in total. The minimum Gasteiger partial charge on any atom is -0.378 e. The molecule has 0 heterocycles. The van der Waals surface area contributed by atoms with Crippen LogP contribution in [0.25, 0.3) is 0 Å². The number of hydrogen-bond donors (Lipinski definition) is 1. The topological polar surface area (TPSA) is 29.5 Å². The maximum Gasteiger partial charge on any atom is 0.140 e. The van der Waals surface area contributed by atoms with Crippen LogP contribution in [0.15, 0.2) is 30.3 Å². The fraction of sp³-hybridized carbons (Fsp3) is 0.333. The van der Waals surface area contributed by atoms with E-state index in [2.05, 4.69) is 5.92 Å². The van der Waals surface area contributed by atoms with Crippen LogP contribution < -0.4 is 0 Å². The number of hydrogen-bond acceptors (Lipinski definition) is 2. The molecule has 2 heteroatoms. The van der Waals surface area contributed by atoms with Gasteiger partial charge in [-0.1, -0.05) is 36.3 Å². The van der Waals surface area contributed by atoms with Crippen LogP contribution in [0.2, 0.25) is 0 Å². The lowest BCUT2D eigenvalue weighted by Crippen LogP contribution is -2.23. The summed E-state index contributed by atoms with van der Waals surface area (Å²) in [6, 6.07) is 9.77. The van der Waals surface area contributed by atoms with Gasteiger partial charge in [0.25, 0.3) is 0 Å². The van der Waals surface area contributed by atoms with Crippen LogP contribution in [0.3, 0.4) is 0 Å². The van der Waals surface area contributed by atoms with Gasteiger partial charge in [-0.15, -0.1) is 6.42 Å². The Morgan fingerprint density at radius 3 is 2.64 bits per heavy atom. The van der Waals surface area contributed by atoms with E-state index in [1.807, 2.05) is 30.3 Å². The van der Waals surface area contributed by atoms with Crippen LogP contribution >= 0.6 is 0 Å². The molecule has 1 aromatic rings. The van der Waals surface area contributed by atoms with E-state index in [0.717, 1.165) is 5.56 Å². The number of rotatable bonds is 4. The molecule has 1 unspecified atom stereocenters. The highest BCUT2D eigenvalue weighted by molar-refractivity contribution is 5.13. The van der Waals surface area contributed by atoms with Crippen molar-refractivity contribution in [2.45, 2.75) is 25.7 Å². The van der Waals surface area contributed by atoms with Crippen LogP contribution in [-0.2, 0) is 11.3 Å². The smallest absolute Gasteiger partial charge is 0.140 e. The van der Waals surface area contributed by atoms with Crippen LogP contribution in [0, 0.1) is 12.3 Å². The molecule has 0 aliphatic heterocycles. The maximum absolute atomic E-state index is 9.24. The molecule has 74 valence electrons. The van der Waals surface area contributed by atoms with E-state index in [1.54, 1.807) is 6.92 Å². The Hall–Kier alpha value is -1.30. The van der Waals surface area contributed by atoms with Crippen molar-refractivity contribution in [2.75, 3.05) is 0 Å². The number of terminal acetylenes is 1. The third-order valence-electron chi connectivity index (χ3n) is 1.97. The molecule has 0 aliphatic carbocycles. The SMILES string of the molecule is C#CC(O)[C@@H](C)OCc1ccccc1. The van der Waals surface area contributed by atoms with Gasteiger partial charge >= 0.3 is 0 Å². The molecule has 1 aromatic carbocycles. The summed E-state index contributed by atoms with van der Waals surface area (Å²) >= 11 is 0. The molecule has 0 fully saturated rings. The van der Waals surface area contributed by atoms with E-state index >= 15 is 0 Å². The average Bonchev–Trinajstić information content (AvgIpc) is 2.26. The Bertz CT molecular complexity index is 300. The summed E-state index contributed by atoms with van der Waals surface area (Å²) in [5, 5.41) is 9.24. The van der Waals surface area contributed by atoms with Gasteiger partial charge in [0, 0.05) is 0 Å². The summed E-state index contributed by atoms with van der Waals surface area (Å²) in [7, 11) is 0. The summed E-state index contributed by atoms with van der Waals surface area (Å²) in [6.45, 7) is 2.23. The zero-order valence-electron chi connectivity index (χ0n) is 8.18. The molecule has 2 atom stereocenters. The first-order chi connectivity index (χ1) is 6.74. The van der Waals surface area contributed by atoms with E-state index in [4.69, 9.17) is 11.2 Å². The van der Waals surface area contributed by atoms with Gasteiger partial charge in [-0.2, -0.15) is 0 Å². The van der Waals surface area contributed by atoms with Crippen LogP contribution in [0.5, 0.6) is 0 Å². The zero-order chi connectivity index (χ0) is 10.4. The number of ether oxygens (including phenoxy) is 1. The normalized spacial score (nSPS) is 14.4. The first-order valence-corrected chi connectivity index (χ1v) is 4.53. The molecule has 0 saturated carbocycles. The van der Waals surface area contributed by atoms with Gasteiger partial charge in [0.05, 0.1) is 12.7 Å². The highest BCUT2D eigenvalue weighted by Crippen LogP contribution is 2.05. The van der Waals surface area contributed by atoms with Crippen molar-refractivity contribution in [2.24, 2.45) is 0 Å². The molecule has 0 radical (unpaired) electrons. The van der Waals surface area contributed by atoms with Gasteiger partial charge in [-0.3, -0.25) is 0 Å². The van der Waals surface area contributed by atoms with Crippen molar-refractivity contribution in [1.82, 2.24) is 0 Å². The van der Waals surface area contributed by atoms with E-state index in [0.29, 0.717) is 6.61 Å². The maximum atomic E-state index is 9.24. The summed E-state index contributed by atoms with van der Waals surface area (Å²) in [4.78, 5) is 0. The molecule has 0 amide bonds. The Labute approximate surface area is 84.5 Å². The fourth-order valence-electron chi connectivity index (χ4n) is 1.03. The molecule has 0 bridgehead atoms. The highest BCUT2D eigenvalue weighted by atomic mass is 16.5. The molecule has 1 rings (SSSR count). The van der Waals surface area contributed by atoms with Crippen molar-refractivity contribution in [3.05, 3.63) is 35.9 Å². The Kier molecular flexibility index (Phi) is 4.18. The quantitative estimate of drug-likeness (QED) is 0.730. The van der Waals surface area contributed by atoms with Gasteiger partial charge in [0.1, 0.15) is 6.10 Å². The average molecular weight is 190 g/mol. The first-order valence-electron chi connectivity index (χ1n) is 4.53. The summed E-state index contributed by atoms with van der Waals surface area (Å²) in [5.41, 5.74) is 1.07. The molecule has 0 aliphatic rings. The Balaban J connectivity index is 2.39. The molecule has 2 nitrogen and oxygen atoms in total. The van der Waals surface area contributed by atoms with Gasteiger partial charge in [0.2, 0.25) is 0 Å². The lowest BCUT2D eigenvalue weighted by atomic mass is 10.2. The van der Waals surface area contributed by atoms with Crippen molar-refractivity contribution < 1.29 is 9.84 Å². The lowest BCUT2D eigenvalue weighted by Gasteiger charge is -2.14. The third-order valence-corrected chi connectivity index (χ3v) is 1.97. The van der Waals surface area contributed by atoms with Gasteiger partial charge in [-0.05, 0) is 12.5 Å². The van der Waals surface area contributed by atoms with E-state index < -0.39 is 6.10 Å². The Morgan fingerprint density at radius 2 is 2.07 bits per heavy atom. The highest BCUT2D eigenvalue weighted by Gasteiger charge is 2.10. The van der Waals surface area contributed by atoms with Gasteiger partial charge < -0.3 is 9.84 Å². The fourth-order valence-corrected chi connectivity index (χ4v) is 1.03. The minimum absolute atomic E-state index is 0.333. The van der Waals surface area contributed by atoms with Crippen molar-refractivity contribution >= 4 is 0 Å². The predicted octanol–water partition coefficient (Wildman–Crippen LogP) is 1.59. The number of aliphatic hydroxyl groups excluding tert-OH is 1. The Morgan fingerprint density at radius 1 is 1.43 bits per heavy atom. The van der Waals surface area contributed by atoms with E-state index in [1.165, 1.54) is 0 Å². The summed E-state index contributed by atoms with van der Waals surface area (Å²) in [6.07, 6.45) is 3.89. The van der Waals surface area contributed by atoms with Crippen LogP contribution in [0.1, 0.15) is 12.5 Å². The second-order valence-corrected chi connectivity index (χ2v) is 3.11. The molecule has 0 saturated heterocycles. The number of benzene rings is 1. The zero-order valence-corrected chi connectivity index (χ0v) is 8.18. The monoisotopic (exact) mass is 190 g/mol. The van der Waals surface area contributed by atoms with Gasteiger partial charge in [0.15, 0.2) is 0 Å². The van der Waals surface area contributed by atoms with Crippen LogP contribution in [-0.4, -0.2) is 17.3 Å². The minimum atomic E-state index is -0.835. The molecular weight excluding hydrogens is 176 g/mol. The second kappa shape index (κ2) is 5.43. The van der Waals surface area contributed by atoms with E-state index in [-0.39, 0.29) is 6.10 Å². The van der Waals surface area contributed by atoms with Gasteiger partial charge in [-0.25, -0.2) is 0 Å². The van der Waals surface area contributed by atoms with Crippen molar-refractivity contribution in [1.29, 1.82) is 0 Å². The third kappa shape index (κ3) is 3.21. The van der Waals surface area contributed by atoms with Crippen LogP contribution in [0.4, 0.5) is 0 Å². The predicted molar refractivity (Wildman–Crippen MR) is 55.5 cm³/mol. The second-order valence-electron chi connectivity index (χ2n) is 3.11. The standard InChI is InChI=1S/C12H14O2/c1-3-12(13)10(2)14-9-11-7-5-4-6-8-11/h1,4-8,10,12-13H,9H2,2H3/t10-,12?/m1/s1. The summed E-state index contributed by atoms with van der Waals surface area (Å²) < 4.78 is 5.39. The van der Waals surface area contributed by atoms with E-state index in [9.17, 15) is 5.11 Å². The lowest BCUT2D eigenvalue weighted by molar-refractivity contribution is -0.0115. The molecular formula is C12H14O2. The van der Waals surface area contributed by atoms with Crippen molar-refractivity contribution in [3.63, 3.8) is 0 Å².